The van der Waals surface area contributed by atoms with Gasteiger partial charge in [0.15, 0.2) is 11.5 Å². The lowest BCUT2D eigenvalue weighted by molar-refractivity contribution is 0.115. The molecular formula is C20H25N3O4. The molecule has 0 saturated carbocycles. The maximum atomic E-state index is 12.6. The van der Waals surface area contributed by atoms with Gasteiger partial charge in [-0.25, -0.2) is 4.79 Å². The van der Waals surface area contributed by atoms with Gasteiger partial charge in [0.25, 0.3) is 0 Å². The van der Waals surface area contributed by atoms with E-state index in [-0.39, 0.29) is 12.1 Å². The lowest BCUT2D eigenvalue weighted by Gasteiger charge is -2.32. The van der Waals surface area contributed by atoms with Gasteiger partial charge in [-0.15, -0.1) is 0 Å². The number of carbonyl (C=O) groups is 1. The molecule has 2 amide bonds. The van der Waals surface area contributed by atoms with Crippen molar-refractivity contribution in [1.82, 2.24) is 9.88 Å². The minimum atomic E-state index is -0.156. The molecule has 1 N–H and O–H groups in total. The van der Waals surface area contributed by atoms with Crippen molar-refractivity contribution in [2.75, 3.05) is 32.6 Å². The fourth-order valence-corrected chi connectivity index (χ4v) is 3.07. The van der Waals surface area contributed by atoms with E-state index in [0.717, 1.165) is 24.3 Å². The number of piperidine rings is 1. The fraction of sp³-hybridized carbons (Fsp3) is 0.400. The van der Waals surface area contributed by atoms with Crippen molar-refractivity contribution in [2.24, 2.45) is 0 Å². The highest BCUT2D eigenvalue weighted by Crippen LogP contribution is 2.35. The number of ether oxygens (including phenoxy) is 3. The van der Waals surface area contributed by atoms with E-state index < -0.39 is 0 Å². The Balaban J connectivity index is 1.55. The van der Waals surface area contributed by atoms with Gasteiger partial charge >= 0.3 is 6.03 Å². The van der Waals surface area contributed by atoms with Gasteiger partial charge in [0.05, 0.1) is 26.1 Å². The van der Waals surface area contributed by atoms with Crippen LogP contribution in [0.2, 0.25) is 0 Å². The zero-order valence-electron chi connectivity index (χ0n) is 15.9. The van der Waals surface area contributed by atoms with Gasteiger partial charge < -0.3 is 24.4 Å². The normalized spacial score (nSPS) is 14.6. The predicted molar refractivity (Wildman–Crippen MR) is 103 cm³/mol. The summed E-state index contributed by atoms with van der Waals surface area (Å²) >= 11 is 0. The summed E-state index contributed by atoms with van der Waals surface area (Å²) in [4.78, 5) is 18.6. The molecule has 0 spiro atoms. The van der Waals surface area contributed by atoms with E-state index in [1.807, 2.05) is 25.1 Å². The van der Waals surface area contributed by atoms with Gasteiger partial charge in [-0.3, -0.25) is 4.98 Å². The maximum absolute atomic E-state index is 12.6. The monoisotopic (exact) mass is 371 g/mol. The van der Waals surface area contributed by atoms with Crippen molar-refractivity contribution in [2.45, 2.75) is 25.9 Å². The smallest absolute Gasteiger partial charge is 0.321 e. The number of likely N-dealkylation sites (tertiary alicyclic amines) is 1. The number of carbonyl (C=O) groups excluding carboxylic acids is 1. The molecule has 1 aliphatic heterocycles. The second-order valence-corrected chi connectivity index (χ2v) is 6.41. The van der Waals surface area contributed by atoms with Gasteiger partial charge in [-0.2, -0.15) is 0 Å². The molecule has 0 radical (unpaired) electrons. The van der Waals surface area contributed by atoms with Gasteiger partial charge in [-0.1, -0.05) is 6.07 Å². The zero-order chi connectivity index (χ0) is 19.2. The number of urea groups is 1. The molecule has 0 aliphatic carbocycles. The second-order valence-electron chi connectivity index (χ2n) is 6.41. The standard InChI is InChI=1S/C20H25N3O4/c1-14-7-8-16(13-21-14)27-15-9-11-23(12-10-15)20(24)22-17-5-4-6-18(25-2)19(17)26-3/h4-8,13,15H,9-12H2,1-3H3,(H,22,24). The molecule has 7 nitrogen and oxygen atoms in total. The van der Waals surface area contributed by atoms with Gasteiger partial charge in [0.2, 0.25) is 0 Å². The van der Waals surface area contributed by atoms with Crippen LogP contribution in [-0.4, -0.2) is 49.3 Å². The van der Waals surface area contributed by atoms with Crippen molar-refractivity contribution in [3.8, 4) is 17.2 Å². The zero-order valence-corrected chi connectivity index (χ0v) is 15.9. The van der Waals surface area contributed by atoms with E-state index in [1.54, 1.807) is 37.4 Å². The van der Waals surface area contributed by atoms with Crippen molar-refractivity contribution >= 4 is 11.7 Å². The number of amides is 2. The van der Waals surface area contributed by atoms with Crippen LogP contribution in [0.3, 0.4) is 0 Å². The van der Waals surface area contributed by atoms with Crippen molar-refractivity contribution in [3.05, 3.63) is 42.2 Å². The number of para-hydroxylation sites is 1. The quantitative estimate of drug-likeness (QED) is 0.871. The van der Waals surface area contributed by atoms with E-state index in [9.17, 15) is 4.79 Å². The average Bonchev–Trinajstić information content (AvgIpc) is 2.70. The number of aryl methyl sites for hydroxylation is 1. The highest BCUT2D eigenvalue weighted by atomic mass is 16.5. The summed E-state index contributed by atoms with van der Waals surface area (Å²) in [6, 6.07) is 9.09. The molecule has 7 heteroatoms. The first-order valence-corrected chi connectivity index (χ1v) is 8.97. The summed E-state index contributed by atoms with van der Waals surface area (Å²) in [6.45, 7) is 3.20. The fourth-order valence-electron chi connectivity index (χ4n) is 3.07. The number of hydrogen-bond acceptors (Lipinski definition) is 5. The summed E-state index contributed by atoms with van der Waals surface area (Å²) in [5, 5.41) is 2.91. The molecule has 2 heterocycles. The summed E-state index contributed by atoms with van der Waals surface area (Å²) in [6.07, 6.45) is 3.38. The number of nitrogens with zero attached hydrogens (tertiary/aromatic N) is 2. The van der Waals surface area contributed by atoms with E-state index in [0.29, 0.717) is 30.3 Å². The molecule has 1 aromatic carbocycles. The van der Waals surface area contributed by atoms with Crippen molar-refractivity contribution < 1.29 is 19.0 Å². The largest absolute Gasteiger partial charge is 0.493 e. The second kappa shape index (κ2) is 8.62. The Morgan fingerprint density at radius 3 is 2.56 bits per heavy atom. The third kappa shape index (κ3) is 4.61. The average molecular weight is 371 g/mol. The third-order valence-electron chi connectivity index (χ3n) is 4.56. The van der Waals surface area contributed by atoms with Gasteiger partial charge in [0, 0.05) is 31.6 Å². The Kier molecular flexibility index (Phi) is 6.01. The van der Waals surface area contributed by atoms with E-state index in [2.05, 4.69) is 10.3 Å². The number of nitrogens with one attached hydrogen (secondary N) is 1. The van der Waals surface area contributed by atoms with E-state index in [4.69, 9.17) is 14.2 Å². The van der Waals surface area contributed by atoms with Crippen LogP contribution >= 0.6 is 0 Å². The van der Waals surface area contributed by atoms with Crippen LogP contribution in [0.15, 0.2) is 36.5 Å². The maximum Gasteiger partial charge on any atom is 0.321 e. The summed E-state index contributed by atoms with van der Waals surface area (Å²) in [5.74, 6) is 1.86. The molecule has 0 atom stereocenters. The topological polar surface area (TPSA) is 72.9 Å². The molecule has 144 valence electrons. The molecule has 3 rings (SSSR count). The molecule has 1 aliphatic rings. The van der Waals surface area contributed by atoms with Crippen molar-refractivity contribution in [1.29, 1.82) is 0 Å². The van der Waals surface area contributed by atoms with Crippen LogP contribution in [0.5, 0.6) is 17.2 Å². The number of benzene rings is 1. The van der Waals surface area contributed by atoms with E-state index >= 15 is 0 Å². The first-order chi connectivity index (χ1) is 13.1. The number of hydrogen-bond donors (Lipinski definition) is 1. The number of rotatable bonds is 5. The molecule has 0 unspecified atom stereocenters. The summed E-state index contributed by atoms with van der Waals surface area (Å²) in [5.41, 5.74) is 1.55. The van der Waals surface area contributed by atoms with Crippen LogP contribution in [0.25, 0.3) is 0 Å². The minimum Gasteiger partial charge on any atom is -0.493 e. The molecule has 1 aromatic heterocycles. The lowest BCUT2D eigenvalue weighted by atomic mass is 10.1. The van der Waals surface area contributed by atoms with Crippen LogP contribution in [-0.2, 0) is 0 Å². The molecule has 27 heavy (non-hydrogen) atoms. The Hall–Kier alpha value is -2.96. The SMILES string of the molecule is COc1cccc(NC(=O)N2CCC(Oc3ccc(C)nc3)CC2)c1OC. The molecule has 1 saturated heterocycles. The first-order valence-electron chi connectivity index (χ1n) is 8.97. The molecule has 0 bridgehead atoms. The van der Waals surface area contributed by atoms with Crippen LogP contribution in [0, 0.1) is 6.92 Å². The number of aromatic nitrogens is 1. The third-order valence-corrected chi connectivity index (χ3v) is 4.56. The number of anilines is 1. The summed E-state index contributed by atoms with van der Waals surface area (Å²) in [7, 11) is 3.12. The molecule has 1 fully saturated rings. The summed E-state index contributed by atoms with van der Waals surface area (Å²) < 4.78 is 16.6. The highest BCUT2D eigenvalue weighted by Gasteiger charge is 2.25. The predicted octanol–water partition coefficient (Wildman–Crippen LogP) is 3.48. The number of methoxy groups -OCH3 is 2. The van der Waals surface area contributed by atoms with Gasteiger partial charge in [-0.05, 0) is 31.2 Å². The molecular weight excluding hydrogens is 346 g/mol. The lowest BCUT2D eigenvalue weighted by Crippen LogP contribution is -2.43. The minimum absolute atomic E-state index is 0.0879. The Morgan fingerprint density at radius 1 is 1.15 bits per heavy atom. The Labute approximate surface area is 159 Å². The molecule has 2 aromatic rings. The van der Waals surface area contributed by atoms with Crippen LogP contribution in [0.4, 0.5) is 10.5 Å². The highest BCUT2D eigenvalue weighted by molar-refractivity contribution is 5.91. The number of pyridine rings is 1. The van der Waals surface area contributed by atoms with Crippen LogP contribution in [0.1, 0.15) is 18.5 Å². The van der Waals surface area contributed by atoms with E-state index in [1.165, 1.54) is 0 Å². The Bertz CT molecular complexity index is 771. The van der Waals surface area contributed by atoms with Crippen molar-refractivity contribution in [3.63, 3.8) is 0 Å². The van der Waals surface area contributed by atoms with Crippen LogP contribution < -0.4 is 19.5 Å². The van der Waals surface area contributed by atoms with Gasteiger partial charge in [0.1, 0.15) is 11.9 Å². The Morgan fingerprint density at radius 2 is 1.93 bits per heavy atom. The first kappa shape index (κ1) is 18.8.